The number of hydrogen-bond acceptors (Lipinski definition) is 2. The average Bonchev–Trinajstić information content (AvgIpc) is 2.28. The Bertz CT molecular complexity index is 432. The molecular weight excluding hydrogens is 312 g/mol. The fraction of sp³-hybridized carbons (Fsp3) is 0.500. The maximum Gasteiger partial charge on any atom is 0.162 e. The molecule has 2 nitrogen and oxygen atoms in total. The highest BCUT2D eigenvalue weighted by molar-refractivity contribution is 9.10. The summed E-state index contributed by atoms with van der Waals surface area (Å²) in [6.07, 6.45) is 1.14. The predicted octanol–water partition coefficient (Wildman–Crippen LogP) is 3.96. The lowest BCUT2D eigenvalue weighted by molar-refractivity contribution is 0.0982. The third kappa shape index (κ3) is 5.02. The van der Waals surface area contributed by atoms with E-state index in [1.807, 2.05) is 45.0 Å². The minimum Gasteiger partial charge on any atom is -0.294 e. The molecule has 1 rings (SSSR count). The molecule has 100 valence electrons. The van der Waals surface area contributed by atoms with Gasteiger partial charge in [0.05, 0.1) is 0 Å². The van der Waals surface area contributed by atoms with E-state index in [2.05, 4.69) is 15.9 Å². The quantitative estimate of drug-likeness (QED) is 0.766. The molecule has 0 saturated heterocycles. The number of carbonyl (C=O) groups excluding carboxylic acids is 1. The van der Waals surface area contributed by atoms with Crippen LogP contribution in [-0.4, -0.2) is 20.5 Å². The van der Waals surface area contributed by atoms with Crippen molar-refractivity contribution in [1.29, 1.82) is 0 Å². The van der Waals surface area contributed by atoms with Gasteiger partial charge in [-0.2, -0.15) is 0 Å². The van der Waals surface area contributed by atoms with Gasteiger partial charge in [0.25, 0.3) is 0 Å². The van der Waals surface area contributed by atoms with Crippen molar-refractivity contribution in [1.82, 2.24) is 0 Å². The molecule has 0 bridgehead atoms. The largest absolute Gasteiger partial charge is 0.294 e. The molecule has 0 aromatic heterocycles. The molecule has 0 heterocycles. The summed E-state index contributed by atoms with van der Waals surface area (Å²) in [5.74, 6) is 0.708. The monoisotopic (exact) mass is 330 g/mol. The van der Waals surface area contributed by atoms with Crippen molar-refractivity contribution in [3.63, 3.8) is 0 Å². The van der Waals surface area contributed by atoms with Crippen LogP contribution in [0.1, 0.15) is 44.0 Å². The Labute approximate surface area is 120 Å². The molecule has 1 aromatic rings. The van der Waals surface area contributed by atoms with Gasteiger partial charge in [0, 0.05) is 37.8 Å². The zero-order chi connectivity index (χ0) is 13.8. The van der Waals surface area contributed by atoms with E-state index in [1.165, 1.54) is 0 Å². The van der Waals surface area contributed by atoms with Crippen LogP contribution < -0.4 is 0 Å². The van der Waals surface area contributed by atoms with Gasteiger partial charge < -0.3 is 0 Å². The topological polar surface area (TPSA) is 34.1 Å². The van der Waals surface area contributed by atoms with Gasteiger partial charge in [-0.25, -0.2) is 0 Å². The fourth-order valence-electron chi connectivity index (χ4n) is 1.45. The second kappa shape index (κ2) is 6.62. The number of carbonyl (C=O) groups is 1. The highest BCUT2D eigenvalue weighted by Crippen LogP contribution is 2.15. The zero-order valence-electron chi connectivity index (χ0n) is 11.0. The van der Waals surface area contributed by atoms with E-state index in [1.54, 1.807) is 0 Å². The van der Waals surface area contributed by atoms with Gasteiger partial charge in [0.15, 0.2) is 5.78 Å². The summed E-state index contributed by atoms with van der Waals surface area (Å²) < 4.78 is 12.6. The van der Waals surface area contributed by atoms with E-state index in [9.17, 15) is 9.00 Å². The third-order valence-corrected chi connectivity index (χ3v) is 5.14. The summed E-state index contributed by atoms with van der Waals surface area (Å²) in [6, 6.07) is 7.35. The van der Waals surface area contributed by atoms with Crippen molar-refractivity contribution in [2.45, 2.75) is 38.4 Å². The molecule has 0 N–H and O–H groups in total. The van der Waals surface area contributed by atoms with E-state index in [4.69, 9.17) is 0 Å². The molecule has 0 saturated carbocycles. The summed E-state index contributed by atoms with van der Waals surface area (Å²) in [4.78, 5) is 11.9. The Kier molecular flexibility index (Phi) is 5.73. The van der Waals surface area contributed by atoms with E-state index in [0.717, 1.165) is 10.0 Å². The highest BCUT2D eigenvalue weighted by Gasteiger charge is 2.19. The van der Waals surface area contributed by atoms with E-state index < -0.39 is 10.8 Å². The molecule has 1 atom stereocenters. The number of rotatable bonds is 5. The Morgan fingerprint density at radius 2 is 1.78 bits per heavy atom. The molecule has 0 amide bonds. The standard InChI is InChI=1S/C14H19BrO2S/c1-14(2,3)18(17)10-4-5-13(16)11-6-8-12(15)9-7-11/h6-9H,4-5,10H2,1-3H3. The van der Waals surface area contributed by atoms with Gasteiger partial charge in [0.2, 0.25) is 0 Å². The molecule has 4 heteroatoms. The first-order chi connectivity index (χ1) is 8.30. The van der Waals surface area contributed by atoms with Crippen molar-refractivity contribution < 1.29 is 9.00 Å². The minimum absolute atomic E-state index is 0.119. The lowest BCUT2D eigenvalue weighted by Crippen LogP contribution is -2.24. The Morgan fingerprint density at radius 3 is 2.28 bits per heavy atom. The van der Waals surface area contributed by atoms with Crippen molar-refractivity contribution in [3.8, 4) is 0 Å². The molecule has 0 spiro atoms. The number of Topliss-reactive ketones (excluding diaryl/α,β-unsaturated/α-hetero) is 1. The van der Waals surface area contributed by atoms with Crippen LogP contribution in [0.4, 0.5) is 0 Å². The van der Waals surface area contributed by atoms with Crippen LogP contribution in [0.25, 0.3) is 0 Å². The number of benzene rings is 1. The van der Waals surface area contributed by atoms with Crippen molar-refractivity contribution >= 4 is 32.5 Å². The maximum atomic E-state index is 11.9. The molecule has 0 radical (unpaired) electrons. The van der Waals surface area contributed by atoms with E-state index in [0.29, 0.717) is 18.6 Å². The first-order valence-corrected chi connectivity index (χ1v) is 8.09. The third-order valence-electron chi connectivity index (χ3n) is 2.58. The summed E-state index contributed by atoms with van der Waals surface area (Å²) in [6.45, 7) is 5.87. The zero-order valence-corrected chi connectivity index (χ0v) is 13.4. The molecule has 0 aliphatic rings. The van der Waals surface area contributed by atoms with Gasteiger partial charge in [-0.05, 0) is 39.3 Å². The second-order valence-electron chi connectivity index (χ2n) is 5.20. The van der Waals surface area contributed by atoms with Gasteiger partial charge in [-0.1, -0.05) is 28.1 Å². The van der Waals surface area contributed by atoms with Crippen LogP contribution in [-0.2, 0) is 10.8 Å². The SMILES string of the molecule is CC(C)(C)S(=O)CCCC(=O)c1ccc(Br)cc1. The molecule has 1 unspecified atom stereocenters. The first kappa shape index (κ1) is 15.6. The van der Waals surface area contributed by atoms with Gasteiger partial charge in [-0.3, -0.25) is 9.00 Å². The van der Waals surface area contributed by atoms with Crippen LogP contribution in [0.15, 0.2) is 28.7 Å². The van der Waals surface area contributed by atoms with Crippen LogP contribution in [0.2, 0.25) is 0 Å². The highest BCUT2D eigenvalue weighted by atomic mass is 79.9. The van der Waals surface area contributed by atoms with Crippen LogP contribution in [0.3, 0.4) is 0 Å². The molecule has 1 aromatic carbocycles. The van der Waals surface area contributed by atoms with Gasteiger partial charge in [-0.15, -0.1) is 0 Å². The van der Waals surface area contributed by atoms with Crippen LogP contribution >= 0.6 is 15.9 Å². The summed E-state index contributed by atoms with van der Waals surface area (Å²) in [7, 11) is -0.874. The van der Waals surface area contributed by atoms with E-state index >= 15 is 0 Å². The fourth-order valence-corrected chi connectivity index (χ4v) is 2.73. The molecule has 0 fully saturated rings. The lowest BCUT2D eigenvalue weighted by Gasteiger charge is -2.17. The summed E-state index contributed by atoms with van der Waals surface area (Å²) in [5, 5.41) is 0. The van der Waals surface area contributed by atoms with Crippen LogP contribution in [0.5, 0.6) is 0 Å². The summed E-state index contributed by atoms with van der Waals surface area (Å²) in [5.41, 5.74) is 0.722. The van der Waals surface area contributed by atoms with Crippen LogP contribution in [0, 0.1) is 0 Å². The normalized spacial score (nSPS) is 13.3. The Hall–Kier alpha value is -0.480. The number of halogens is 1. The summed E-state index contributed by atoms with van der Waals surface area (Å²) >= 11 is 3.34. The Morgan fingerprint density at radius 1 is 1.22 bits per heavy atom. The molecule has 18 heavy (non-hydrogen) atoms. The maximum absolute atomic E-state index is 11.9. The first-order valence-electron chi connectivity index (χ1n) is 5.98. The van der Waals surface area contributed by atoms with Crippen molar-refractivity contribution in [3.05, 3.63) is 34.3 Å². The van der Waals surface area contributed by atoms with Gasteiger partial charge in [0.1, 0.15) is 0 Å². The molecular formula is C14H19BrO2S. The Balaban J connectivity index is 2.43. The lowest BCUT2D eigenvalue weighted by atomic mass is 10.1. The van der Waals surface area contributed by atoms with E-state index in [-0.39, 0.29) is 10.5 Å². The second-order valence-corrected chi connectivity index (χ2v) is 8.44. The average molecular weight is 331 g/mol. The predicted molar refractivity (Wildman–Crippen MR) is 80.5 cm³/mol. The number of ketones is 1. The van der Waals surface area contributed by atoms with Crippen molar-refractivity contribution in [2.24, 2.45) is 0 Å². The molecule has 0 aliphatic carbocycles. The molecule has 0 aliphatic heterocycles. The minimum atomic E-state index is -0.874. The number of hydrogen-bond donors (Lipinski definition) is 0. The van der Waals surface area contributed by atoms with Crippen molar-refractivity contribution in [2.75, 3.05) is 5.75 Å². The smallest absolute Gasteiger partial charge is 0.162 e. The van der Waals surface area contributed by atoms with Gasteiger partial charge >= 0.3 is 0 Å².